The first-order valence-electron chi connectivity index (χ1n) is 5.70. The molecule has 0 saturated carbocycles. The van der Waals surface area contributed by atoms with Crippen molar-refractivity contribution in [1.29, 1.82) is 0 Å². The van der Waals surface area contributed by atoms with E-state index in [2.05, 4.69) is 5.10 Å². The van der Waals surface area contributed by atoms with Crippen LogP contribution in [0.15, 0.2) is 11.0 Å². The van der Waals surface area contributed by atoms with Crippen LogP contribution < -0.4 is 10.5 Å². The van der Waals surface area contributed by atoms with Crippen molar-refractivity contribution < 1.29 is 9.90 Å². The summed E-state index contributed by atoms with van der Waals surface area (Å²) in [6.45, 7) is 1.15. The lowest BCUT2D eigenvalue weighted by atomic mass is 9.97. The van der Waals surface area contributed by atoms with Crippen molar-refractivity contribution in [2.24, 2.45) is 13.0 Å². The van der Waals surface area contributed by atoms with Crippen LogP contribution in [0.4, 0.5) is 5.69 Å². The molecular formula is C11H14ClN3O3. The Hall–Kier alpha value is -1.56. The molecule has 0 aliphatic carbocycles. The molecule has 0 atom stereocenters. The zero-order chi connectivity index (χ0) is 13.3. The number of halogens is 1. The fourth-order valence-corrected chi connectivity index (χ4v) is 2.38. The fourth-order valence-electron chi connectivity index (χ4n) is 2.09. The van der Waals surface area contributed by atoms with Gasteiger partial charge in [-0.2, -0.15) is 5.10 Å². The van der Waals surface area contributed by atoms with Gasteiger partial charge in [-0.25, -0.2) is 4.68 Å². The Morgan fingerprint density at radius 2 is 2.11 bits per heavy atom. The molecule has 1 saturated heterocycles. The van der Waals surface area contributed by atoms with Gasteiger partial charge >= 0.3 is 5.97 Å². The van der Waals surface area contributed by atoms with Gasteiger partial charge in [0, 0.05) is 20.1 Å². The number of carboxylic acids is 1. The van der Waals surface area contributed by atoms with Crippen LogP contribution in [0, 0.1) is 5.92 Å². The normalized spacial score (nSPS) is 16.9. The Balaban J connectivity index is 2.18. The lowest BCUT2D eigenvalue weighted by molar-refractivity contribution is -0.142. The zero-order valence-electron chi connectivity index (χ0n) is 9.97. The molecule has 7 heteroatoms. The van der Waals surface area contributed by atoms with E-state index in [9.17, 15) is 9.59 Å². The minimum atomic E-state index is -0.761. The summed E-state index contributed by atoms with van der Waals surface area (Å²) in [6.07, 6.45) is 2.66. The summed E-state index contributed by atoms with van der Waals surface area (Å²) in [5, 5.41) is 13.0. The molecule has 0 spiro atoms. The number of anilines is 1. The van der Waals surface area contributed by atoms with Gasteiger partial charge in [0.2, 0.25) is 0 Å². The molecule has 6 nitrogen and oxygen atoms in total. The minimum absolute atomic E-state index is 0.140. The van der Waals surface area contributed by atoms with E-state index < -0.39 is 5.97 Å². The van der Waals surface area contributed by atoms with Crippen LogP contribution in [0.2, 0.25) is 5.02 Å². The lowest BCUT2D eigenvalue weighted by Crippen LogP contribution is -2.37. The Labute approximate surface area is 109 Å². The number of hydrogen-bond acceptors (Lipinski definition) is 4. The molecule has 1 aromatic heterocycles. The molecule has 1 aromatic rings. The van der Waals surface area contributed by atoms with Crippen molar-refractivity contribution in [2.45, 2.75) is 12.8 Å². The van der Waals surface area contributed by atoms with Gasteiger partial charge in [-0.3, -0.25) is 9.59 Å². The highest BCUT2D eigenvalue weighted by Crippen LogP contribution is 2.26. The highest BCUT2D eigenvalue weighted by Gasteiger charge is 2.26. The predicted molar refractivity (Wildman–Crippen MR) is 67.1 cm³/mol. The summed E-state index contributed by atoms with van der Waals surface area (Å²) in [7, 11) is 1.54. The average Bonchev–Trinajstić information content (AvgIpc) is 2.36. The molecule has 0 amide bonds. The first-order valence-corrected chi connectivity index (χ1v) is 6.08. The molecule has 0 unspecified atom stereocenters. The maximum atomic E-state index is 11.7. The number of piperidine rings is 1. The predicted octanol–water partition coefficient (Wildman–Crippen LogP) is 0.735. The number of aryl methyl sites for hydroxylation is 1. The summed E-state index contributed by atoms with van der Waals surface area (Å²) >= 11 is 6.00. The van der Waals surface area contributed by atoms with Crippen molar-refractivity contribution in [2.75, 3.05) is 18.0 Å². The summed E-state index contributed by atoms with van der Waals surface area (Å²) < 4.78 is 1.18. The second-order valence-corrected chi connectivity index (χ2v) is 4.75. The van der Waals surface area contributed by atoms with E-state index in [1.54, 1.807) is 6.20 Å². The maximum Gasteiger partial charge on any atom is 0.306 e. The maximum absolute atomic E-state index is 11.7. The summed E-state index contributed by atoms with van der Waals surface area (Å²) in [5.74, 6) is -1.07. The van der Waals surface area contributed by atoms with Gasteiger partial charge in [-0.1, -0.05) is 11.6 Å². The molecule has 0 aromatic carbocycles. The molecule has 2 rings (SSSR count). The van der Waals surface area contributed by atoms with E-state index in [0.29, 0.717) is 31.6 Å². The third-order valence-electron chi connectivity index (χ3n) is 3.24. The second kappa shape index (κ2) is 4.97. The molecule has 0 bridgehead atoms. The largest absolute Gasteiger partial charge is 0.481 e. The quantitative estimate of drug-likeness (QED) is 0.858. The zero-order valence-corrected chi connectivity index (χ0v) is 10.7. The number of rotatable bonds is 2. The number of hydrogen-bond donors (Lipinski definition) is 1. The number of carbonyl (C=O) groups is 1. The van der Waals surface area contributed by atoms with Gasteiger partial charge in [-0.05, 0) is 12.8 Å². The molecule has 18 heavy (non-hydrogen) atoms. The highest BCUT2D eigenvalue weighted by molar-refractivity contribution is 6.33. The van der Waals surface area contributed by atoms with Crippen LogP contribution in [-0.2, 0) is 11.8 Å². The Kier molecular flexibility index (Phi) is 3.56. The van der Waals surface area contributed by atoms with Crippen LogP contribution >= 0.6 is 11.6 Å². The van der Waals surface area contributed by atoms with E-state index in [1.807, 2.05) is 4.90 Å². The lowest BCUT2D eigenvalue weighted by Gasteiger charge is -2.31. The molecule has 1 N–H and O–H groups in total. The van der Waals surface area contributed by atoms with E-state index in [0.717, 1.165) is 0 Å². The van der Waals surface area contributed by atoms with Crippen molar-refractivity contribution in [3.8, 4) is 0 Å². The van der Waals surface area contributed by atoms with Crippen molar-refractivity contribution in [3.05, 3.63) is 21.6 Å². The number of nitrogens with zero attached hydrogens (tertiary/aromatic N) is 3. The molecule has 98 valence electrons. The first-order chi connectivity index (χ1) is 8.50. The summed E-state index contributed by atoms with van der Waals surface area (Å²) in [5.41, 5.74) is 0.248. The van der Waals surface area contributed by atoms with Gasteiger partial charge in [0.15, 0.2) is 0 Å². The SMILES string of the molecule is Cn1ncc(N2CCC(C(=O)O)CC2)c(Cl)c1=O. The van der Waals surface area contributed by atoms with Gasteiger partial charge in [0.1, 0.15) is 5.02 Å². The van der Waals surface area contributed by atoms with Crippen LogP contribution in [0.3, 0.4) is 0 Å². The average molecular weight is 272 g/mol. The van der Waals surface area contributed by atoms with Crippen LogP contribution in [-0.4, -0.2) is 33.9 Å². The van der Waals surface area contributed by atoms with E-state index in [4.69, 9.17) is 16.7 Å². The third kappa shape index (κ3) is 2.33. The third-order valence-corrected chi connectivity index (χ3v) is 3.60. The first kappa shape index (κ1) is 12.9. The molecule has 1 aliphatic heterocycles. The van der Waals surface area contributed by atoms with Crippen molar-refractivity contribution in [3.63, 3.8) is 0 Å². The smallest absolute Gasteiger partial charge is 0.306 e. The topological polar surface area (TPSA) is 75.4 Å². The fraction of sp³-hybridized carbons (Fsp3) is 0.545. The molecule has 2 heterocycles. The number of aliphatic carboxylic acids is 1. The Morgan fingerprint density at radius 1 is 1.50 bits per heavy atom. The van der Waals surface area contributed by atoms with E-state index in [-0.39, 0.29) is 16.5 Å². The summed E-state index contributed by atoms with van der Waals surface area (Å²) in [4.78, 5) is 24.4. The number of carboxylic acid groups (broad SMARTS) is 1. The Morgan fingerprint density at radius 3 is 2.67 bits per heavy atom. The van der Waals surface area contributed by atoms with Gasteiger partial charge in [0.05, 0.1) is 17.8 Å². The van der Waals surface area contributed by atoms with Crippen LogP contribution in [0.25, 0.3) is 0 Å². The minimum Gasteiger partial charge on any atom is -0.481 e. The van der Waals surface area contributed by atoms with Gasteiger partial charge in [-0.15, -0.1) is 0 Å². The highest BCUT2D eigenvalue weighted by atomic mass is 35.5. The van der Waals surface area contributed by atoms with Crippen molar-refractivity contribution in [1.82, 2.24) is 9.78 Å². The molecule has 0 radical (unpaired) electrons. The monoisotopic (exact) mass is 271 g/mol. The summed E-state index contributed by atoms with van der Waals surface area (Å²) in [6, 6.07) is 0. The molecule has 1 aliphatic rings. The standard InChI is InChI=1S/C11H14ClN3O3/c1-14-10(16)9(12)8(6-13-14)15-4-2-7(3-5-15)11(17)18/h6-7H,2-5H2,1H3,(H,17,18). The molecular weight excluding hydrogens is 258 g/mol. The van der Waals surface area contributed by atoms with Crippen LogP contribution in [0.5, 0.6) is 0 Å². The van der Waals surface area contributed by atoms with E-state index >= 15 is 0 Å². The number of aromatic nitrogens is 2. The molecule has 1 fully saturated rings. The van der Waals surface area contributed by atoms with E-state index in [1.165, 1.54) is 11.7 Å². The van der Waals surface area contributed by atoms with Crippen molar-refractivity contribution >= 4 is 23.3 Å². The Bertz CT molecular complexity index is 521. The second-order valence-electron chi connectivity index (χ2n) is 4.37. The van der Waals surface area contributed by atoms with Gasteiger partial charge in [0.25, 0.3) is 5.56 Å². The van der Waals surface area contributed by atoms with Gasteiger partial charge < -0.3 is 10.0 Å². The van der Waals surface area contributed by atoms with Crippen LogP contribution in [0.1, 0.15) is 12.8 Å².